The number of rotatable bonds is 68. The van der Waals surface area contributed by atoms with E-state index in [1.807, 2.05) is 0 Å². The van der Waals surface area contributed by atoms with Crippen LogP contribution >= 0.6 is 0 Å². The lowest BCUT2D eigenvalue weighted by Gasteiger charge is -2.18. The molecule has 0 aromatic rings. The lowest BCUT2D eigenvalue weighted by Crippen LogP contribution is -2.30. The molecule has 0 N–H and O–H groups in total. The molecule has 0 rings (SSSR count). The SMILES string of the molecule is CC/C=C\C/C=C\C/C=C\CCCCCCCC(=O)OCC(COC(=O)CCCCCCCCCCCCCCCCCCC/C=C\CCCCCCCCCC)OC(=O)CCCCCCCCCCCCCCCCCCCCCC. The van der Waals surface area contributed by atoms with Crippen molar-refractivity contribution in [2.45, 2.75) is 406 Å². The Kier molecular flexibility index (Phi) is 68.6. The fourth-order valence-corrected chi connectivity index (χ4v) is 11.1. The number of esters is 3. The monoisotopic (exact) mass is 1150 g/mol. The van der Waals surface area contributed by atoms with Crippen molar-refractivity contribution in [3.63, 3.8) is 0 Å². The third-order valence-electron chi connectivity index (χ3n) is 16.6. The molecule has 0 saturated carbocycles. The van der Waals surface area contributed by atoms with Crippen molar-refractivity contribution in [3.8, 4) is 0 Å². The first-order valence-electron chi connectivity index (χ1n) is 36.6. The Hall–Kier alpha value is -2.63. The topological polar surface area (TPSA) is 78.9 Å². The van der Waals surface area contributed by atoms with E-state index in [4.69, 9.17) is 14.2 Å². The van der Waals surface area contributed by atoms with Crippen molar-refractivity contribution in [1.29, 1.82) is 0 Å². The number of carbonyl (C=O) groups is 3. The summed E-state index contributed by atoms with van der Waals surface area (Å²) in [5, 5.41) is 0. The molecule has 0 radical (unpaired) electrons. The molecular formula is C76H140O6. The first-order chi connectivity index (χ1) is 40.5. The Morgan fingerprint density at radius 2 is 0.476 bits per heavy atom. The second-order valence-corrected chi connectivity index (χ2v) is 24.8. The quantitative estimate of drug-likeness (QED) is 0.0261. The molecule has 0 saturated heterocycles. The molecule has 0 aromatic carbocycles. The summed E-state index contributed by atoms with van der Waals surface area (Å²) in [6, 6.07) is 0. The molecule has 0 aliphatic heterocycles. The molecular weight excluding hydrogens is 1010 g/mol. The maximum absolute atomic E-state index is 13.0. The van der Waals surface area contributed by atoms with Gasteiger partial charge in [0.15, 0.2) is 6.10 Å². The zero-order chi connectivity index (χ0) is 59.2. The van der Waals surface area contributed by atoms with Crippen LogP contribution < -0.4 is 0 Å². The van der Waals surface area contributed by atoms with Gasteiger partial charge in [-0.2, -0.15) is 0 Å². The standard InChI is InChI=1S/C76H140O6/c1-4-7-10-13-16-19-22-25-28-30-32-34-35-36-37-38-39-40-41-42-44-45-48-51-54-57-60-63-66-69-75(78)81-72-73(71-80-74(77)68-65-62-59-56-53-50-47-27-24-21-18-15-12-9-6-3)82-76(79)70-67-64-61-58-55-52-49-46-43-33-31-29-26-23-20-17-14-11-8-5-2/h9,12,18,21,27,30,32,47,73H,4-8,10-11,13-17,19-20,22-26,28-29,31,33-46,48-72H2,1-3H3/b12-9-,21-18-,32-30-,47-27-. The smallest absolute Gasteiger partial charge is 0.306 e. The van der Waals surface area contributed by atoms with Crippen LogP contribution in [-0.2, 0) is 28.6 Å². The summed E-state index contributed by atoms with van der Waals surface area (Å²) < 4.78 is 17.0. The van der Waals surface area contributed by atoms with Crippen molar-refractivity contribution in [2.24, 2.45) is 0 Å². The van der Waals surface area contributed by atoms with E-state index in [1.165, 1.54) is 263 Å². The van der Waals surface area contributed by atoms with Gasteiger partial charge in [0, 0.05) is 19.3 Å². The molecule has 0 spiro atoms. The van der Waals surface area contributed by atoms with E-state index in [0.717, 1.165) is 96.3 Å². The Labute approximate surface area is 511 Å². The summed E-state index contributed by atoms with van der Waals surface area (Å²) in [7, 11) is 0. The number of allylic oxidation sites excluding steroid dienone is 8. The summed E-state index contributed by atoms with van der Waals surface area (Å²) in [6.07, 6.45) is 90.1. The number of carbonyl (C=O) groups excluding carboxylic acids is 3. The molecule has 6 heteroatoms. The van der Waals surface area contributed by atoms with Crippen LogP contribution in [0.3, 0.4) is 0 Å². The van der Waals surface area contributed by atoms with E-state index >= 15 is 0 Å². The predicted octanol–water partition coefficient (Wildman–Crippen LogP) is 25.3. The van der Waals surface area contributed by atoms with Crippen LogP contribution in [0.1, 0.15) is 400 Å². The van der Waals surface area contributed by atoms with Gasteiger partial charge in [0.05, 0.1) is 0 Å². The molecule has 0 fully saturated rings. The lowest BCUT2D eigenvalue weighted by molar-refractivity contribution is -0.167. The Morgan fingerprint density at radius 1 is 0.256 bits per heavy atom. The zero-order valence-corrected chi connectivity index (χ0v) is 55.3. The molecule has 1 unspecified atom stereocenters. The minimum atomic E-state index is -0.779. The van der Waals surface area contributed by atoms with Gasteiger partial charge < -0.3 is 14.2 Å². The molecule has 1 atom stereocenters. The van der Waals surface area contributed by atoms with Crippen molar-refractivity contribution in [1.82, 2.24) is 0 Å². The number of unbranched alkanes of at least 4 members (excludes halogenated alkanes) is 49. The van der Waals surface area contributed by atoms with Crippen molar-refractivity contribution < 1.29 is 28.6 Å². The Bertz CT molecular complexity index is 1410. The normalized spacial score (nSPS) is 12.3. The molecule has 0 aliphatic carbocycles. The van der Waals surface area contributed by atoms with Gasteiger partial charge in [-0.3, -0.25) is 14.4 Å². The maximum Gasteiger partial charge on any atom is 0.306 e. The average molecular weight is 1150 g/mol. The van der Waals surface area contributed by atoms with Gasteiger partial charge in [0.1, 0.15) is 13.2 Å². The van der Waals surface area contributed by atoms with E-state index in [1.54, 1.807) is 0 Å². The molecule has 0 aliphatic rings. The first-order valence-corrected chi connectivity index (χ1v) is 36.6. The van der Waals surface area contributed by atoms with Crippen LogP contribution in [0.25, 0.3) is 0 Å². The van der Waals surface area contributed by atoms with Crippen LogP contribution in [0.5, 0.6) is 0 Å². The molecule has 82 heavy (non-hydrogen) atoms. The average Bonchev–Trinajstić information content (AvgIpc) is 3.47. The highest BCUT2D eigenvalue weighted by atomic mass is 16.6. The van der Waals surface area contributed by atoms with E-state index in [9.17, 15) is 14.4 Å². The van der Waals surface area contributed by atoms with Crippen molar-refractivity contribution >= 4 is 17.9 Å². The van der Waals surface area contributed by atoms with E-state index in [2.05, 4.69) is 69.4 Å². The summed E-state index contributed by atoms with van der Waals surface area (Å²) in [5.74, 6) is -0.862. The number of ether oxygens (including phenoxy) is 3. The van der Waals surface area contributed by atoms with Gasteiger partial charge in [-0.05, 0) is 77.0 Å². The van der Waals surface area contributed by atoms with Gasteiger partial charge >= 0.3 is 17.9 Å². The summed E-state index contributed by atoms with van der Waals surface area (Å²) >= 11 is 0. The highest BCUT2D eigenvalue weighted by Gasteiger charge is 2.19. The van der Waals surface area contributed by atoms with E-state index in [0.29, 0.717) is 19.3 Å². The van der Waals surface area contributed by atoms with Gasteiger partial charge in [0.25, 0.3) is 0 Å². The fourth-order valence-electron chi connectivity index (χ4n) is 11.1. The van der Waals surface area contributed by atoms with Crippen LogP contribution in [0.15, 0.2) is 48.6 Å². The Balaban J connectivity index is 4.22. The lowest BCUT2D eigenvalue weighted by atomic mass is 10.0. The molecule has 0 aromatic heterocycles. The predicted molar refractivity (Wildman–Crippen MR) is 358 cm³/mol. The maximum atomic E-state index is 13.0. The van der Waals surface area contributed by atoms with Crippen LogP contribution in [0, 0.1) is 0 Å². The highest BCUT2D eigenvalue weighted by Crippen LogP contribution is 2.19. The minimum Gasteiger partial charge on any atom is -0.462 e. The highest BCUT2D eigenvalue weighted by molar-refractivity contribution is 5.71. The molecule has 480 valence electrons. The van der Waals surface area contributed by atoms with Crippen molar-refractivity contribution in [2.75, 3.05) is 13.2 Å². The molecule has 0 amide bonds. The molecule has 6 nitrogen and oxygen atoms in total. The number of hydrogen-bond donors (Lipinski definition) is 0. The second-order valence-electron chi connectivity index (χ2n) is 24.8. The van der Waals surface area contributed by atoms with Crippen LogP contribution in [-0.4, -0.2) is 37.2 Å². The second kappa shape index (κ2) is 70.9. The number of hydrogen-bond acceptors (Lipinski definition) is 6. The van der Waals surface area contributed by atoms with Crippen molar-refractivity contribution in [3.05, 3.63) is 48.6 Å². The van der Waals surface area contributed by atoms with Gasteiger partial charge in [-0.25, -0.2) is 0 Å². The summed E-state index contributed by atoms with van der Waals surface area (Å²) in [4.78, 5) is 38.5. The first kappa shape index (κ1) is 79.4. The fraction of sp³-hybridized carbons (Fsp3) is 0.855. The van der Waals surface area contributed by atoms with E-state index in [-0.39, 0.29) is 31.1 Å². The third kappa shape index (κ3) is 68.2. The summed E-state index contributed by atoms with van der Waals surface area (Å²) in [5.41, 5.74) is 0. The van der Waals surface area contributed by atoms with Gasteiger partial charge in [0.2, 0.25) is 0 Å². The van der Waals surface area contributed by atoms with E-state index < -0.39 is 6.10 Å². The van der Waals surface area contributed by atoms with Crippen LogP contribution in [0.2, 0.25) is 0 Å². The molecule has 0 heterocycles. The summed E-state index contributed by atoms with van der Waals surface area (Å²) in [6.45, 7) is 6.59. The molecule has 0 bridgehead atoms. The van der Waals surface area contributed by atoms with Crippen LogP contribution in [0.4, 0.5) is 0 Å². The Morgan fingerprint density at radius 3 is 0.756 bits per heavy atom. The van der Waals surface area contributed by atoms with Gasteiger partial charge in [-0.1, -0.05) is 352 Å². The van der Waals surface area contributed by atoms with Gasteiger partial charge in [-0.15, -0.1) is 0 Å². The third-order valence-corrected chi connectivity index (χ3v) is 16.6. The minimum absolute atomic E-state index is 0.0735. The largest absolute Gasteiger partial charge is 0.462 e. The zero-order valence-electron chi connectivity index (χ0n) is 55.3.